The van der Waals surface area contributed by atoms with Crippen LogP contribution in [-0.4, -0.2) is 32.8 Å². The van der Waals surface area contributed by atoms with Gasteiger partial charge in [0.05, 0.1) is 5.75 Å². The largest absolute Gasteiger partial charge is 0.313 e. The van der Waals surface area contributed by atoms with Crippen molar-refractivity contribution in [3.8, 4) is 0 Å². The van der Waals surface area contributed by atoms with E-state index in [1.165, 1.54) is 0 Å². The Balaban J connectivity index is 1.79. The highest BCUT2D eigenvalue weighted by Crippen LogP contribution is 2.33. The van der Waals surface area contributed by atoms with Crippen LogP contribution in [0, 0.1) is 5.92 Å². The van der Waals surface area contributed by atoms with E-state index in [4.69, 9.17) is 0 Å². The molecule has 15 heavy (non-hydrogen) atoms. The third-order valence-electron chi connectivity index (χ3n) is 3.36. The molecule has 0 aromatic carbocycles. The predicted molar refractivity (Wildman–Crippen MR) is 60.1 cm³/mol. The molecule has 5 heteroatoms. The smallest absolute Gasteiger partial charge is 0.213 e. The van der Waals surface area contributed by atoms with E-state index in [0.29, 0.717) is 5.92 Å². The normalized spacial score (nSPS) is 35.7. The lowest BCUT2D eigenvalue weighted by atomic mass is 10.3. The van der Waals surface area contributed by atoms with E-state index in [9.17, 15) is 8.42 Å². The molecule has 2 N–H and O–H groups in total. The maximum absolute atomic E-state index is 11.7. The quantitative estimate of drug-likeness (QED) is 0.724. The summed E-state index contributed by atoms with van der Waals surface area (Å²) in [4.78, 5) is 0. The lowest BCUT2D eigenvalue weighted by Gasteiger charge is -2.11. The van der Waals surface area contributed by atoms with Gasteiger partial charge in [-0.15, -0.1) is 0 Å². The van der Waals surface area contributed by atoms with E-state index >= 15 is 0 Å². The zero-order valence-electron chi connectivity index (χ0n) is 9.20. The third kappa shape index (κ3) is 3.16. The second kappa shape index (κ2) is 4.39. The molecule has 0 aromatic rings. The minimum Gasteiger partial charge on any atom is -0.313 e. The maximum atomic E-state index is 11.7. The molecule has 88 valence electrons. The molecule has 1 heterocycles. The van der Waals surface area contributed by atoms with Crippen molar-refractivity contribution in [1.82, 2.24) is 10.0 Å². The van der Waals surface area contributed by atoms with Crippen LogP contribution < -0.4 is 10.0 Å². The van der Waals surface area contributed by atoms with Gasteiger partial charge in [-0.1, -0.05) is 13.3 Å². The molecule has 1 aliphatic heterocycles. The monoisotopic (exact) mass is 232 g/mol. The van der Waals surface area contributed by atoms with Crippen LogP contribution in [0.15, 0.2) is 0 Å². The first kappa shape index (κ1) is 11.4. The van der Waals surface area contributed by atoms with E-state index in [1.807, 2.05) is 0 Å². The first-order valence-corrected chi connectivity index (χ1v) is 7.49. The van der Waals surface area contributed by atoms with Crippen LogP contribution in [0.1, 0.15) is 32.6 Å². The van der Waals surface area contributed by atoms with Crippen molar-refractivity contribution in [1.29, 1.82) is 0 Å². The van der Waals surface area contributed by atoms with Gasteiger partial charge in [0.2, 0.25) is 10.0 Å². The molecule has 0 aromatic heterocycles. The van der Waals surface area contributed by atoms with Gasteiger partial charge in [0.1, 0.15) is 0 Å². The molecule has 0 bridgehead atoms. The molecule has 1 aliphatic carbocycles. The molecule has 1 saturated carbocycles. The molecule has 4 nitrogen and oxygen atoms in total. The minimum absolute atomic E-state index is 0.168. The average Bonchev–Trinajstić information content (AvgIpc) is 2.68. The van der Waals surface area contributed by atoms with Gasteiger partial charge in [0.15, 0.2) is 0 Å². The summed E-state index contributed by atoms with van der Waals surface area (Å²) in [6, 6.07) is 0.391. The van der Waals surface area contributed by atoms with Gasteiger partial charge in [0.25, 0.3) is 0 Å². The summed E-state index contributed by atoms with van der Waals surface area (Å²) >= 11 is 0. The van der Waals surface area contributed by atoms with Gasteiger partial charge < -0.3 is 5.32 Å². The Morgan fingerprint density at radius 1 is 1.47 bits per heavy atom. The Morgan fingerprint density at radius 3 is 2.80 bits per heavy atom. The first-order valence-electron chi connectivity index (χ1n) is 5.84. The molecular formula is C10H20N2O2S. The summed E-state index contributed by atoms with van der Waals surface area (Å²) in [5.74, 6) is 0.830. The third-order valence-corrected chi connectivity index (χ3v) is 4.86. The molecular weight excluding hydrogens is 212 g/mol. The summed E-state index contributed by atoms with van der Waals surface area (Å²) in [6.45, 7) is 3.07. The van der Waals surface area contributed by atoms with Crippen molar-refractivity contribution in [2.24, 2.45) is 5.92 Å². The Kier molecular flexibility index (Phi) is 3.33. The standard InChI is InChI=1S/C10H20N2O2S/c1-2-8-6-10(8)12-15(13,14)7-9-4-3-5-11-9/h8-12H,2-7H2,1H3. The number of sulfonamides is 1. The Bertz CT molecular complexity index is 309. The van der Waals surface area contributed by atoms with Crippen LogP contribution in [0.25, 0.3) is 0 Å². The van der Waals surface area contributed by atoms with Crippen LogP contribution in [0.4, 0.5) is 0 Å². The maximum Gasteiger partial charge on any atom is 0.213 e. The SMILES string of the molecule is CCC1CC1NS(=O)(=O)CC1CCCN1. The van der Waals surface area contributed by atoms with E-state index < -0.39 is 10.0 Å². The molecule has 2 rings (SSSR count). The second-order valence-corrected chi connectivity index (χ2v) is 6.50. The van der Waals surface area contributed by atoms with Crippen LogP contribution in [0.2, 0.25) is 0 Å². The highest BCUT2D eigenvalue weighted by Gasteiger charge is 2.38. The lowest BCUT2D eigenvalue weighted by molar-refractivity contribution is 0.559. The minimum atomic E-state index is -3.06. The van der Waals surface area contributed by atoms with Gasteiger partial charge in [-0.05, 0) is 31.7 Å². The predicted octanol–water partition coefficient (Wildman–Crippen LogP) is 0.456. The second-order valence-electron chi connectivity index (χ2n) is 4.70. The summed E-state index contributed by atoms with van der Waals surface area (Å²) in [7, 11) is -3.06. The summed E-state index contributed by atoms with van der Waals surface area (Å²) < 4.78 is 26.3. The first-order chi connectivity index (χ1) is 7.11. The number of nitrogens with one attached hydrogen (secondary N) is 2. The van der Waals surface area contributed by atoms with Gasteiger partial charge in [0, 0.05) is 12.1 Å². The highest BCUT2D eigenvalue weighted by molar-refractivity contribution is 7.89. The number of hydrogen-bond donors (Lipinski definition) is 2. The molecule has 0 amide bonds. The van der Waals surface area contributed by atoms with Crippen LogP contribution >= 0.6 is 0 Å². The van der Waals surface area contributed by atoms with Crippen molar-refractivity contribution in [3.05, 3.63) is 0 Å². The molecule has 3 unspecified atom stereocenters. The van der Waals surface area contributed by atoms with Gasteiger partial charge >= 0.3 is 0 Å². The van der Waals surface area contributed by atoms with Gasteiger partial charge in [-0.25, -0.2) is 13.1 Å². The fourth-order valence-electron chi connectivity index (χ4n) is 2.29. The molecule has 3 atom stereocenters. The summed E-state index contributed by atoms with van der Waals surface area (Å²) in [5, 5.41) is 3.21. The number of hydrogen-bond acceptors (Lipinski definition) is 3. The van der Waals surface area contributed by atoms with Gasteiger partial charge in [-0.2, -0.15) is 0 Å². The molecule has 2 fully saturated rings. The lowest BCUT2D eigenvalue weighted by Crippen LogP contribution is -2.37. The Morgan fingerprint density at radius 2 is 2.27 bits per heavy atom. The van der Waals surface area contributed by atoms with E-state index in [-0.39, 0.29) is 17.8 Å². The molecule has 0 spiro atoms. The van der Waals surface area contributed by atoms with Crippen molar-refractivity contribution >= 4 is 10.0 Å². The molecule has 1 saturated heterocycles. The Labute approximate surface area is 91.9 Å². The van der Waals surface area contributed by atoms with Crippen LogP contribution in [0.5, 0.6) is 0 Å². The van der Waals surface area contributed by atoms with E-state index in [2.05, 4.69) is 17.0 Å². The summed E-state index contributed by atoms with van der Waals surface area (Å²) in [6.07, 6.45) is 4.19. The van der Waals surface area contributed by atoms with Crippen molar-refractivity contribution in [2.75, 3.05) is 12.3 Å². The van der Waals surface area contributed by atoms with Crippen LogP contribution in [0.3, 0.4) is 0 Å². The summed E-state index contributed by atoms with van der Waals surface area (Å²) in [5.41, 5.74) is 0. The fraction of sp³-hybridized carbons (Fsp3) is 1.00. The van der Waals surface area contributed by atoms with E-state index in [0.717, 1.165) is 32.2 Å². The zero-order chi connectivity index (χ0) is 10.9. The van der Waals surface area contributed by atoms with Crippen molar-refractivity contribution in [3.63, 3.8) is 0 Å². The van der Waals surface area contributed by atoms with Crippen molar-refractivity contribution in [2.45, 2.75) is 44.7 Å². The topological polar surface area (TPSA) is 58.2 Å². The van der Waals surface area contributed by atoms with Crippen molar-refractivity contribution < 1.29 is 8.42 Å². The molecule has 2 aliphatic rings. The Hall–Kier alpha value is -0.130. The molecule has 0 radical (unpaired) electrons. The van der Waals surface area contributed by atoms with E-state index in [1.54, 1.807) is 0 Å². The highest BCUT2D eigenvalue weighted by atomic mass is 32.2. The van der Waals surface area contributed by atoms with Gasteiger partial charge in [-0.3, -0.25) is 0 Å². The fourth-order valence-corrected chi connectivity index (χ4v) is 3.95. The van der Waals surface area contributed by atoms with Crippen LogP contribution in [-0.2, 0) is 10.0 Å². The number of rotatable bonds is 5. The average molecular weight is 232 g/mol. The zero-order valence-corrected chi connectivity index (χ0v) is 10.0.